The molecule has 1 rings (SSSR count). The van der Waals surface area contributed by atoms with Crippen LogP contribution in [0.2, 0.25) is 0 Å². The number of methoxy groups -OCH3 is 1. The van der Waals surface area contributed by atoms with Gasteiger partial charge in [-0.2, -0.15) is 0 Å². The second-order valence-corrected chi connectivity index (χ2v) is 6.86. The molecule has 7 heteroatoms. The van der Waals surface area contributed by atoms with E-state index in [0.29, 0.717) is 6.42 Å². The average Bonchev–Trinajstić information content (AvgIpc) is 2.44. The zero-order valence-corrected chi connectivity index (χ0v) is 13.2. The van der Waals surface area contributed by atoms with Gasteiger partial charge in [0.05, 0.1) is 23.7 Å². The maximum Gasteiger partial charge on any atom is 0.339 e. The van der Waals surface area contributed by atoms with Crippen molar-refractivity contribution in [1.82, 2.24) is 4.72 Å². The van der Waals surface area contributed by atoms with Crippen LogP contribution in [0.5, 0.6) is 0 Å². The molecule has 1 aromatic rings. The molecule has 118 valence electrons. The van der Waals surface area contributed by atoms with Gasteiger partial charge in [0.25, 0.3) is 0 Å². The van der Waals surface area contributed by atoms with E-state index in [-0.39, 0.29) is 22.9 Å². The van der Waals surface area contributed by atoms with Gasteiger partial charge in [-0.3, -0.25) is 0 Å². The van der Waals surface area contributed by atoms with Gasteiger partial charge in [-0.1, -0.05) is 26.0 Å². The van der Waals surface area contributed by atoms with Gasteiger partial charge in [-0.05, 0) is 24.5 Å². The largest absolute Gasteiger partial charge is 0.465 e. The van der Waals surface area contributed by atoms with Crippen LogP contribution in [0.1, 0.15) is 30.6 Å². The molecule has 1 unspecified atom stereocenters. The van der Waals surface area contributed by atoms with Crippen molar-refractivity contribution in [3.63, 3.8) is 0 Å². The molecule has 0 aliphatic rings. The van der Waals surface area contributed by atoms with Crippen molar-refractivity contribution in [3.05, 3.63) is 29.8 Å². The highest BCUT2D eigenvalue weighted by Gasteiger charge is 2.23. The van der Waals surface area contributed by atoms with Gasteiger partial charge in [0, 0.05) is 6.54 Å². The molecule has 0 aromatic heterocycles. The lowest BCUT2D eigenvalue weighted by atomic mass is 10.1. The summed E-state index contributed by atoms with van der Waals surface area (Å²) in [5.41, 5.74) is -0.0363. The summed E-state index contributed by atoms with van der Waals surface area (Å²) in [5, 5.41) is 9.74. The number of ether oxygens (including phenoxy) is 1. The zero-order chi connectivity index (χ0) is 16.0. The average molecular weight is 315 g/mol. The Bertz CT molecular complexity index is 583. The number of carbonyl (C=O) groups excluding carboxylic acids is 1. The van der Waals surface area contributed by atoms with E-state index in [1.165, 1.54) is 25.3 Å². The molecule has 0 saturated heterocycles. The fourth-order valence-corrected chi connectivity index (χ4v) is 3.16. The summed E-state index contributed by atoms with van der Waals surface area (Å²) in [6, 6.07) is 5.78. The third kappa shape index (κ3) is 5.11. The van der Waals surface area contributed by atoms with Crippen LogP contribution in [0.15, 0.2) is 29.2 Å². The molecular formula is C14H21NO5S. The Labute approximate surface area is 125 Å². The molecule has 0 amide bonds. The number of benzene rings is 1. The van der Waals surface area contributed by atoms with E-state index in [4.69, 9.17) is 0 Å². The van der Waals surface area contributed by atoms with E-state index in [2.05, 4.69) is 9.46 Å². The summed E-state index contributed by atoms with van der Waals surface area (Å²) in [7, 11) is -2.70. The van der Waals surface area contributed by atoms with Crippen LogP contribution in [0.25, 0.3) is 0 Å². The molecule has 1 atom stereocenters. The van der Waals surface area contributed by atoms with E-state index in [1.54, 1.807) is 6.07 Å². The lowest BCUT2D eigenvalue weighted by Gasteiger charge is -2.15. The summed E-state index contributed by atoms with van der Waals surface area (Å²) < 4.78 is 31.4. The third-order valence-electron chi connectivity index (χ3n) is 2.83. The Kier molecular flexibility index (Phi) is 6.32. The summed E-state index contributed by atoms with van der Waals surface area (Å²) in [6.07, 6.45) is -0.286. The topological polar surface area (TPSA) is 92.7 Å². The van der Waals surface area contributed by atoms with Crippen molar-refractivity contribution >= 4 is 16.0 Å². The maximum absolute atomic E-state index is 12.2. The van der Waals surface area contributed by atoms with Gasteiger partial charge in [0.1, 0.15) is 0 Å². The highest BCUT2D eigenvalue weighted by atomic mass is 32.2. The van der Waals surface area contributed by atoms with E-state index < -0.39 is 22.1 Å². The molecule has 6 nitrogen and oxygen atoms in total. The number of sulfonamides is 1. The first-order valence-electron chi connectivity index (χ1n) is 6.63. The Balaban J connectivity index is 2.91. The van der Waals surface area contributed by atoms with Crippen molar-refractivity contribution in [1.29, 1.82) is 0 Å². The molecule has 21 heavy (non-hydrogen) atoms. The van der Waals surface area contributed by atoms with Crippen LogP contribution in [0, 0.1) is 5.92 Å². The number of carbonyl (C=O) groups is 1. The lowest BCUT2D eigenvalue weighted by molar-refractivity contribution is 0.0596. The Morgan fingerprint density at radius 3 is 2.52 bits per heavy atom. The van der Waals surface area contributed by atoms with Crippen LogP contribution in [0.3, 0.4) is 0 Å². The summed E-state index contributed by atoms with van der Waals surface area (Å²) in [5.74, 6) is -0.467. The van der Waals surface area contributed by atoms with Gasteiger partial charge >= 0.3 is 5.97 Å². The molecule has 0 saturated carbocycles. The van der Waals surface area contributed by atoms with Crippen LogP contribution in [0.4, 0.5) is 0 Å². The number of hydrogen-bond acceptors (Lipinski definition) is 5. The van der Waals surface area contributed by atoms with E-state index in [9.17, 15) is 18.3 Å². The molecule has 0 spiro atoms. The van der Waals surface area contributed by atoms with Gasteiger partial charge in [0.2, 0.25) is 10.0 Å². The number of esters is 1. The fourth-order valence-electron chi connectivity index (χ4n) is 1.89. The minimum Gasteiger partial charge on any atom is -0.465 e. The molecule has 1 aromatic carbocycles. The summed E-state index contributed by atoms with van der Waals surface area (Å²) >= 11 is 0. The third-order valence-corrected chi connectivity index (χ3v) is 4.32. The predicted molar refractivity (Wildman–Crippen MR) is 78.4 cm³/mol. The highest BCUT2D eigenvalue weighted by Crippen LogP contribution is 2.16. The molecule has 0 heterocycles. The fraction of sp³-hybridized carbons (Fsp3) is 0.500. The SMILES string of the molecule is COC(=O)c1ccccc1S(=O)(=O)NCC(O)CC(C)C. The molecule has 0 radical (unpaired) electrons. The van der Waals surface area contributed by atoms with Crippen molar-refractivity contribution in [2.45, 2.75) is 31.3 Å². The van der Waals surface area contributed by atoms with E-state index in [0.717, 1.165) is 0 Å². The Hall–Kier alpha value is -1.44. The molecule has 0 aliphatic heterocycles. The highest BCUT2D eigenvalue weighted by molar-refractivity contribution is 7.89. The second-order valence-electron chi connectivity index (χ2n) is 5.12. The van der Waals surface area contributed by atoms with Crippen LogP contribution in [-0.2, 0) is 14.8 Å². The van der Waals surface area contributed by atoms with Crippen molar-refractivity contribution in [2.75, 3.05) is 13.7 Å². The van der Waals surface area contributed by atoms with Gasteiger partial charge in [-0.25, -0.2) is 17.9 Å². The molecule has 0 bridgehead atoms. The van der Waals surface area contributed by atoms with E-state index >= 15 is 0 Å². The normalized spacial score (nSPS) is 13.2. The zero-order valence-electron chi connectivity index (χ0n) is 12.4. The number of nitrogens with one attached hydrogen (secondary N) is 1. The smallest absolute Gasteiger partial charge is 0.339 e. The predicted octanol–water partition coefficient (Wildman–Crippen LogP) is 1.16. The van der Waals surface area contributed by atoms with Crippen LogP contribution < -0.4 is 4.72 Å². The molecule has 2 N–H and O–H groups in total. The maximum atomic E-state index is 12.2. The summed E-state index contributed by atoms with van der Waals surface area (Å²) in [6.45, 7) is 3.77. The van der Waals surface area contributed by atoms with Crippen molar-refractivity contribution < 1.29 is 23.1 Å². The standard InChI is InChI=1S/C14H21NO5S/c1-10(2)8-11(16)9-15-21(18,19)13-7-5-4-6-12(13)14(17)20-3/h4-7,10-11,15-16H,8-9H2,1-3H3. The first kappa shape index (κ1) is 17.6. The number of rotatable bonds is 7. The number of hydrogen-bond donors (Lipinski definition) is 2. The second kappa shape index (κ2) is 7.53. The van der Waals surface area contributed by atoms with Crippen molar-refractivity contribution in [3.8, 4) is 0 Å². The minimum atomic E-state index is -3.89. The monoisotopic (exact) mass is 315 g/mol. The number of aliphatic hydroxyl groups excluding tert-OH is 1. The van der Waals surface area contributed by atoms with Crippen LogP contribution >= 0.6 is 0 Å². The van der Waals surface area contributed by atoms with E-state index in [1.807, 2.05) is 13.8 Å². The minimum absolute atomic E-state index is 0.0363. The summed E-state index contributed by atoms with van der Waals surface area (Å²) in [4.78, 5) is 11.4. The Morgan fingerprint density at radius 2 is 1.95 bits per heavy atom. The first-order valence-corrected chi connectivity index (χ1v) is 8.11. The number of aliphatic hydroxyl groups is 1. The van der Waals surface area contributed by atoms with Gasteiger partial charge in [0.15, 0.2) is 0 Å². The molecule has 0 fully saturated rings. The Morgan fingerprint density at radius 1 is 1.33 bits per heavy atom. The quantitative estimate of drug-likeness (QED) is 0.737. The molecular weight excluding hydrogens is 294 g/mol. The van der Waals surface area contributed by atoms with Crippen molar-refractivity contribution in [2.24, 2.45) is 5.92 Å². The first-order chi connectivity index (χ1) is 9.77. The lowest BCUT2D eigenvalue weighted by Crippen LogP contribution is -2.33. The van der Waals surface area contributed by atoms with Crippen LogP contribution in [-0.4, -0.2) is 39.3 Å². The molecule has 0 aliphatic carbocycles. The van der Waals surface area contributed by atoms with Gasteiger partial charge in [-0.15, -0.1) is 0 Å². The van der Waals surface area contributed by atoms with Gasteiger partial charge < -0.3 is 9.84 Å².